The molecule has 2 aromatic rings. The van der Waals surface area contributed by atoms with E-state index in [1.165, 1.54) is 11.1 Å². The quantitative estimate of drug-likeness (QED) is 0.860. The zero-order valence-corrected chi connectivity index (χ0v) is 15.3. The Labute approximate surface area is 155 Å². The summed E-state index contributed by atoms with van der Waals surface area (Å²) in [6.45, 7) is 6.04. The van der Waals surface area contributed by atoms with Gasteiger partial charge in [0, 0.05) is 32.6 Å². The number of piperazine rings is 1. The number of pyridine rings is 1. The second-order valence-electron chi connectivity index (χ2n) is 6.17. The Bertz CT molecular complexity index is 667. The Hall–Kier alpha value is -2.11. The van der Waals surface area contributed by atoms with E-state index in [-0.39, 0.29) is 18.3 Å². The summed E-state index contributed by atoms with van der Waals surface area (Å²) in [4.78, 5) is 18.7. The van der Waals surface area contributed by atoms with Crippen LogP contribution in [-0.2, 0) is 11.2 Å². The summed E-state index contributed by atoms with van der Waals surface area (Å²) in [7, 11) is 0. The molecule has 0 bridgehead atoms. The number of aromatic nitrogens is 1. The summed E-state index contributed by atoms with van der Waals surface area (Å²) < 4.78 is 0. The normalized spacial score (nSPS) is 13.9. The van der Waals surface area contributed by atoms with Crippen LogP contribution in [-0.4, -0.2) is 37.1 Å². The first-order valence-electron chi connectivity index (χ1n) is 8.48. The molecule has 25 heavy (non-hydrogen) atoms. The fraction of sp³-hybridized carbons (Fsp3) is 0.368. The van der Waals surface area contributed by atoms with E-state index in [4.69, 9.17) is 0 Å². The standard InChI is InChI=1S/C19H24N4O.ClH/c1-15-2-4-16(5-3-15)6-9-19(24)22-18-8-7-17(14-21-18)23-12-10-20-11-13-23;/h2-5,7-8,14,20H,6,9-13H2,1H3,(H,21,22,24);1H. The zero-order chi connectivity index (χ0) is 16.8. The van der Waals surface area contributed by atoms with Crippen LogP contribution < -0.4 is 15.5 Å². The van der Waals surface area contributed by atoms with Crippen molar-refractivity contribution in [3.05, 3.63) is 53.7 Å². The molecule has 2 heterocycles. The average Bonchev–Trinajstić information content (AvgIpc) is 2.63. The van der Waals surface area contributed by atoms with Crippen molar-refractivity contribution in [1.82, 2.24) is 10.3 Å². The van der Waals surface area contributed by atoms with E-state index in [1.807, 2.05) is 18.3 Å². The number of carbonyl (C=O) groups is 1. The number of halogens is 1. The molecular formula is C19H25ClN4O. The second-order valence-corrected chi connectivity index (χ2v) is 6.17. The molecule has 0 aliphatic carbocycles. The number of benzene rings is 1. The molecule has 1 aromatic heterocycles. The number of aryl methyl sites for hydroxylation is 2. The number of nitrogens with one attached hydrogen (secondary N) is 2. The van der Waals surface area contributed by atoms with Gasteiger partial charge in [-0.1, -0.05) is 29.8 Å². The predicted octanol–water partition coefficient (Wildman–Crippen LogP) is 2.79. The van der Waals surface area contributed by atoms with Crippen molar-refractivity contribution in [2.75, 3.05) is 36.4 Å². The van der Waals surface area contributed by atoms with Gasteiger partial charge in [0.15, 0.2) is 0 Å². The van der Waals surface area contributed by atoms with Crippen LogP contribution in [0.25, 0.3) is 0 Å². The summed E-state index contributed by atoms with van der Waals surface area (Å²) in [6, 6.07) is 12.2. The Morgan fingerprint density at radius 2 is 1.88 bits per heavy atom. The van der Waals surface area contributed by atoms with E-state index >= 15 is 0 Å². The average molecular weight is 361 g/mol. The molecule has 1 amide bonds. The van der Waals surface area contributed by atoms with Crippen LogP contribution in [0.15, 0.2) is 42.6 Å². The van der Waals surface area contributed by atoms with Crippen molar-refractivity contribution in [3.8, 4) is 0 Å². The number of nitrogens with zero attached hydrogens (tertiary/aromatic N) is 2. The van der Waals surface area contributed by atoms with Crippen LogP contribution in [0.5, 0.6) is 0 Å². The number of carbonyl (C=O) groups excluding carboxylic acids is 1. The number of hydrogen-bond acceptors (Lipinski definition) is 4. The van der Waals surface area contributed by atoms with Gasteiger partial charge in [0.1, 0.15) is 5.82 Å². The van der Waals surface area contributed by atoms with E-state index in [0.717, 1.165) is 38.3 Å². The first-order chi connectivity index (χ1) is 11.7. The molecule has 134 valence electrons. The predicted molar refractivity (Wildman–Crippen MR) is 105 cm³/mol. The van der Waals surface area contributed by atoms with Crippen molar-refractivity contribution in [2.24, 2.45) is 0 Å². The summed E-state index contributed by atoms with van der Waals surface area (Å²) in [5, 5.41) is 6.21. The molecule has 0 saturated carbocycles. The van der Waals surface area contributed by atoms with Gasteiger partial charge in [0.2, 0.25) is 5.91 Å². The topological polar surface area (TPSA) is 57.3 Å². The molecule has 1 aliphatic rings. The third-order valence-electron chi connectivity index (χ3n) is 4.26. The van der Waals surface area contributed by atoms with Gasteiger partial charge in [-0.2, -0.15) is 0 Å². The SMILES string of the molecule is Cc1ccc(CCC(=O)Nc2ccc(N3CCNCC3)cn2)cc1.Cl. The van der Waals surface area contributed by atoms with Gasteiger partial charge < -0.3 is 15.5 Å². The lowest BCUT2D eigenvalue weighted by Gasteiger charge is -2.29. The van der Waals surface area contributed by atoms with Crippen LogP contribution in [0.4, 0.5) is 11.5 Å². The first-order valence-corrected chi connectivity index (χ1v) is 8.48. The van der Waals surface area contributed by atoms with Crippen molar-refractivity contribution < 1.29 is 4.79 Å². The molecule has 1 fully saturated rings. The van der Waals surface area contributed by atoms with E-state index in [0.29, 0.717) is 12.2 Å². The summed E-state index contributed by atoms with van der Waals surface area (Å²) in [6.07, 6.45) is 3.04. The molecule has 0 unspecified atom stereocenters. The lowest BCUT2D eigenvalue weighted by Crippen LogP contribution is -2.43. The van der Waals surface area contributed by atoms with Crippen LogP contribution >= 0.6 is 12.4 Å². The highest BCUT2D eigenvalue weighted by molar-refractivity contribution is 5.90. The number of anilines is 2. The van der Waals surface area contributed by atoms with Gasteiger partial charge in [0.25, 0.3) is 0 Å². The molecular weight excluding hydrogens is 336 g/mol. The second kappa shape index (κ2) is 9.39. The molecule has 1 aromatic carbocycles. The van der Waals surface area contributed by atoms with Gasteiger partial charge in [0.05, 0.1) is 11.9 Å². The minimum atomic E-state index is -0.00185. The lowest BCUT2D eigenvalue weighted by atomic mass is 10.1. The van der Waals surface area contributed by atoms with Crippen molar-refractivity contribution in [2.45, 2.75) is 19.8 Å². The fourth-order valence-corrected chi connectivity index (χ4v) is 2.79. The molecule has 3 rings (SSSR count). The molecule has 5 nitrogen and oxygen atoms in total. The van der Waals surface area contributed by atoms with Gasteiger partial charge in [-0.05, 0) is 31.0 Å². The minimum absolute atomic E-state index is 0. The van der Waals surface area contributed by atoms with Gasteiger partial charge in [-0.15, -0.1) is 12.4 Å². The Kier molecular flexibility index (Phi) is 7.22. The number of rotatable bonds is 5. The molecule has 0 spiro atoms. The highest BCUT2D eigenvalue weighted by atomic mass is 35.5. The highest BCUT2D eigenvalue weighted by Gasteiger charge is 2.11. The largest absolute Gasteiger partial charge is 0.368 e. The van der Waals surface area contributed by atoms with Gasteiger partial charge in [-0.25, -0.2) is 4.98 Å². The molecule has 0 atom stereocenters. The van der Waals surface area contributed by atoms with Crippen molar-refractivity contribution in [1.29, 1.82) is 0 Å². The monoisotopic (exact) mass is 360 g/mol. The number of hydrogen-bond donors (Lipinski definition) is 2. The van der Waals surface area contributed by atoms with Crippen molar-refractivity contribution in [3.63, 3.8) is 0 Å². The van der Waals surface area contributed by atoms with E-state index < -0.39 is 0 Å². The van der Waals surface area contributed by atoms with E-state index in [1.54, 1.807) is 0 Å². The summed E-state index contributed by atoms with van der Waals surface area (Å²) >= 11 is 0. The zero-order valence-electron chi connectivity index (χ0n) is 14.5. The maximum Gasteiger partial charge on any atom is 0.225 e. The Balaban J connectivity index is 0.00000225. The van der Waals surface area contributed by atoms with E-state index in [2.05, 4.69) is 51.7 Å². The molecule has 1 saturated heterocycles. The summed E-state index contributed by atoms with van der Waals surface area (Å²) in [5.41, 5.74) is 3.52. The Morgan fingerprint density at radius 1 is 1.16 bits per heavy atom. The van der Waals surface area contributed by atoms with Crippen LogP contribution in [0.3, 0.4) is 0 Å². The van der Waals surface area contributed by atoms with Gasteiger partial charge >= 0.3 is 0 Å². The fourth-order valence-electron chi connectivity index (χ4n) is 2.79. The van der Waals surface area contributed by atoms with Crippen molar-refractivity contribution >= 4 is 29.8 Å². The molecule has 2 N–H and O–H groups in total. The lowest BCUT2D eigenvalue weighted by molar-refractivity contribution is -0.116. The molecule has 1 aliphatic heterocycles. The van der Waals surface area contributed by atoms with E-state index in [9.17, 15) is 4.79 Å². The Morgan fingerprint density at radius 3 is 2.52 bits per heavy atom. The molecule has 6 heteroatoms. The third kappa shape index (κ3) is 5.73. The van der Waals surface area contributed by atoms with Crippen LogP contribution in [0.2, 0.25) is 0 Å². The minimum Gasteiger partial charge on any atom is -0.368 e. The maximum absolute atomic E-state index is 12.1. The highest BCUT2D eigenvalue weighted by Crippen LogP contribution is 2.16. The first kappa shape index (κ1) is 19.2. The number of amides is 1. The maximum atomic E-state index is 12.1. The van der Waals surface area contributed by atoms with Crippen LogP contribution in [0, 0.1) is 6.92 Å². The van der Waals surface area contributed by atoms with Gasteiger partial charge in [-0.3, -0.25) is 4.79 Å². The third-order valence-corrected chi connectivity index (χ3v) is 4.26. The summed E-state index contributed by atoms with van der Waals surface area (Å²) in [5.74, 6) is 0.612. The smallest absolute Gasteiger partial charge is 0.225 e. The molecule has 0 radical (unpaired) electrons. The van der Waals surface area contributed by atoms with Crippen LogP contribution in [0.1, 0.15) is 17.5 Å².